The fraction of sp³-hybridized carbons (Fsp3) is 0.725. The van der Waals surface area contributed by atoms with Crippen molar-refractivity contribution >= 4 is 21.5 Å². The largest absolute Gasteiger partial charge is 0.492 e. The SMILES string of the molecule is CCCCCCCCCCCCCCCCCCOc1c2ccccc2c(OCCCCCCCCCCCCCCCCCC)c2cc(C)ccc12. The molecule has 300 valence electrons. The summed E-state index contributed by atoms with van der Waals surface area (Å²) in [5.74, 6) is 2.07. The molecular formula is C51H84O2. The van der Waals surface area contributed by atoms with Gasteiger partial charge in [0.2, 0.25) is 0 Å². The second-order valence-corrected chi connectivity index (χ2v) is 16.6. The lowest BCUT2D eigenvalue weighted by Gasteiger charge is -2.18. The van der Waals surface area contributed by atoms with Gasteiger partial charge in [-0.2, -0.15) is 0 Å². The molecule has 0 amide bonds. The summed E-state index contributed by atoms with van der Waals surface area (Å²) >= 11 is 0. The van der Waals surface area contributed by atoms with Crippen LogP contribution in [0.2, 0.25) is 0 Å². The molecule has 0 bridgehead atoms. The minimum Gasteiger partial charge on any atom is -0.492 e. The van der Waals surface area contributed by atoms with Gasteiger partial charge in [0, 0.05) is 21.5 Å². The Morgan fingerprint density at radius 3 is 0.943 bits per heavy atom. The first-order valence-electron chi connectivity index (χ1n) is 23.5. The Kier molecular flexibility index (Phi) is 26.5. The van der Waals surface area contributed by atoms with Crippen LogP contribution >= 0.6 is 0 Å². The number of ether oxygens (including phenoxy) is 2. The van der Waals surface area contributed by atoms with E-state index in [4.69, 9.17) is 9.47 Å². The molecule has 0 N–H and O–H groups in total. The summed E-state index contributed by atoms with van der Waals surface area (Å²) in [6.45, 7) is 8.35. The van der Waals surface area contributed by atoms with E-state index < -0.39 is 0 Å². The predicted molar refractivity (Wildman–Crippen MR) is 236 cm³/mol. The van der Waals surface area contributed by atoms with Gasteiger partial charge in [0.1, 0.15) is 11.5 Å². The average molecular weight is 729 g/mol. The molecule has 0 radical (unpaired) electrons. The van der Waals surface area contributed by atoms with Crippen LogP contribution in [0.1, 0.15) is 225 Å². The zero-order chi connectivity index (χ0) is 37.4. The maximum absolute atomic E-state index is 6.64. The summed E-state index contributed by atoms with van der Waals surface area (Å²) in [5, 5.41) is 4.75. The van der Waals surface area contributed by atoms with E-state index >= 15 is 0 Å². The molecule has 53 heavy (non-hydrogen) atoms. The molecule has 2 heteroatoms. The lowest BCUT2D eigenvalue weighted by Crippen LogP contribution is -2.02. The molecule has 0 aliphatic heterocycles. The summed E-state index contributed by atoms with van der Waals surface area (Å²) in [7, 11) is 0. The van der Waals surface area contributed by atoms with Crippen LogP contribution in [0.15, 0.2) is 42.5 Å². The first kappa shape index (κ1) is 45.2. The maximum Gasteiger partial charge on any atom is 0.135 e. The van der Waals surface area contributed by atoms with Crippen molar-refractivity contribution in [2.24, 2.45) is 0 Å². The number of aryl methyl sites for hydroxylation is 1. The van der Waals surface area contributed by atoms with Gasteiger partial charge in [-0.3, -0.25) is 0 Å². The molecule has 0 aromatic heterocycles. The van der Waals surface area contributed by atoms with Crippen molar-refractivity contribution in [2.45, 2.75) is 226 Å². The Balaban J connectivity index is 1.30. The van der Waals surface area contributed by atoms with Crippen molar-refractivity contribution in [3.05, 3.63) is 48.0 Å². The van der Waals surface area contributed by atoms with E-state index in [0.717, 1.165) is 37.6 Å². The average Bonchev–Trinajstić information content (AvgIpc) is 3.17. The van der Waals surface area contributed by atoms with E-state index in [9.17, 15) is 0 Å². The summed E-state index contributed by atoms with van der Waals surface area (Å²) in [4.78, 5) is 0. The molecule has 0 saturated heterocycles. The highest BCUT2D eigenvalue weighted by Crippen LogP contribution is 2.43. The Hall–Kier alpha value is -2.22. The second-order valence-electron chi connectivity index (χ2n) is 16.6. The fourth-order valence-electron chi connectivity index (χ4n) is 8.17. The first-order valence-corrected chi connectivity index (χ1v) is 23.5. The minimum atomic E-state index is 0.783. The van der Waals surface area contributed by atoms with Crippen LogP contribution in [0.25, 0.3) is 21.5 Å². The molecule has 3 aromatic rings. The monoisotopic (exact) mass is 729 g/mol. The van der Waals surface area contributed by atoms with Gasteiger partial charge in [-0.15, -0.1) is 0 Å². The van der Waals surface area contributed by atoms with Gasteiger partial charge in [-0.05, 0) is 25.8 Å². The van der Waals surface area contributed by atoms with Gasteiger partial charge in [-0.1, -0.05) is 248 Å². The zero-order valence-corrected chi connectivity index (χ0v) is 35.4. The van der Waals surface area contributed by atoms with Crippen molar-refractivity contribution in [1.82, 2.24) is 0 Å². The van der Waals surface area contributed by atoms with Crippen LogP contribution in [-0.4, -0.2) is 13.2 Å². The molecule has 0 aliphatic carbocycles. The van der Waals surface area contributed by atoms with Crippen LogP contribution in [0.4, 0.5) is 0 Å². The lowest BCUT2D eigenvalue weighted by atomic mass is 9.99. The number of hydrogen-bond acceptors (Lipinski definition) is 2. The Labute approximate surface area is 329 Å². The molecule has 0 aliphatic rings. The Morgan fingerprint density at radius 2 is 0.604 bits per heavy atom. The van der Waals surface area contributed by atoms with Crippen molar-refractivity contribution in [3.8, 4) is 11.5 Å². The summed E-state index contributed by atoms with van der Waals surface area (Å²) in [6, 6.07) is 15.5. The highest BCUT2D eigenvalue weighted by Gasteiger charge is 2.16. The van der Waals surface area contributed by atoms with Crippen molar-refractivity contribution in [3.63, 3.8) is 0 Å². The molecule has 3 aromatic carbocycles. The number of benzene rings is 3. The van der Waals surface area contributed by atoms with E-state index in [1.807, 2.05) is 0 Å². The minimum absolute atomic E-state index is 0.783. The smallest absolute Gasteiger partial charge is 0.135 e. The third kappa shape index (κ3) is 19.8. The Morgan fingerprint density at radius 1 is 0.321 bits per heavy atom. The predicted octanol–water partition coefficient (Wildman–Crippen LogP) is 17.6. The van der Waals surface area contributed by atoms with Gasteiger partial charge < -0.3 is 9.47 Å². The fourth-order valence-corrected chi connectivity index (χ4v) is 8.17. The number of unbranched alkanes of at least 4 members (excludes halogenated alkanes) is 30. The quantitative estimate of drug-likeness (QED) is 0.0438. The van der Waals surface area contributed by atoms with Crippen molar-refractivity contribution in [2.75, 3.05) is 13.2 Å². The molecule has 0 saturated carbocycles. The highest BCUT2D eigenvalue weighted by molar-refractivity contribution is 6.11. The normalized spacial score (nSPS) is 11.6. The standard InChI is InChI=1S/C51H84O2/c1-4-6-8-10-12-14-16-18-20-22-24-26-28-30-32-36-42-52-50-46-38-34-35-39-47(46)51(49-44-45(3)40-41-48(49)50)53-43-37-33-31-29-27-25-23-21-19-17-15-13-11-9-7-5-2/h34-35,38-41,44H,4-33,36-37,42-43H2,1-3H3. The van der Waals surface area contributed by atoms with E-state index in [1.165, 1.54) is 220 Å². The molecule has 0 atom stereocenters. The number of fused-ring (bicyclic) bond motifs is 2. The van der Waals surface area contributed by atoms with Crippen LogP contribution < -0.4 is 9.47 Å². The number of hydrogen-bond donors (Lipinski definition) is 0. The van der Waals surface area contributed by atoms with Gasteiger partial charge >= 0.3 is 0 Å². The van der Waals surface area contributed by atoms with Crippen LogP contribution in [0, 0.1) is 6.92 Å². The molecule has 0 fully saturated rings. The van der Waals surface area contributed by atoms with Crippen LogP contribution in [0.5, 0.6) is 11.5 Å². The maximum atomic E-state index is 6.64. The topological polar surface area (TPSA) is 18.5 Å². The lowest BCUT2D eigenvalue weighted by molar-refractivity contribution is 0.306. The van der Waals surface area contributed by atoms with Gasteiger partial charge in [-0.25, -0.2) is 0 Å². The first-order chi connectivity index (χ1) is 26.3. The van der Waals surface area contributed by atoms with Crippen molar-refractivity contribution < 1.29 is 9.47 Å². The van der Waals surface area contributed by atoms with E-state index in [1.54, 1.807) is 0 Å². The van der Waals surface area contributed by atoms with E-state index in [2.05, 4.69) is 63.2 Å². The van der Waals surface area contributed by atoms with Crippen LogP contribution in [0.3, 0.4) is 0 Å². The number of rotatable bonds is 36. The molecule has 3 rings (SSSR count). The van der Waals surface area contributed by atoms with Gasteiger partial charge in [0.15, 0.2) is 0 Å². The van der Waals surface area contributed by atoms with Crippen molar-refractivity contribution in [1.29, 1.82) is 0 Å². The summed E-state index contributed by atoms with van der Waals surface area (Å²) < 4.78 is 13.3. The molecule has 2 nitrogen and oxygen atoms in total. The molecule has 0 spiro atoms. The third-order valence-electron chi connectivity index (χ3n) is 11.6. The van der Waals surface area contributed by atoms with Gasteiger partial charge in [0.05, 0.1) is 13.2 Å². The summed E-state index contributed by atoms with van der Waals surface area (Å²) in [5.41, 5.74) is 1.27. The van der Waals surface area contributed by atoms with E-state index in [0.29, 0.717) is 0 Å². The van der Waals surface area contributed by atoms with Crippen LogP contribution in [-0.2, 0) is 0 Å². The van der Waals surface area contributed by atoms with E-state index in [-0.39, 0.29) is 0 Å². The molecular weight excluding hydrogens is 645 g/mol. The molecule has 0 heterocycles. The third-order valence-corrected chi connectivity index (χ3v) is 11.6. The highest BCUT2D eigenvalue weighted by atomic mass is 16.5. The van der Waals surface area contributed by atoms with Gasteiger partial charge in [0.25, 0.3) is 0 Å². The Bertz CT molecular complexity index is 1290. The zero-order valence-electron chi connectivity index (χ0n) is 35.4. The second kappa shape index (κ2) is 31.0. The molecule has 0 unspecified atom stereocenters. The summed E-state index contributed by atoms with van der Waals surface area (Å²) in [6.07, 6.45) is 44.4.